The molecule has 0 bridgehead atoms. The molecule has 8 heteroatoms. The first-order chi connectivity index (χ1) is 6.34. The summed E-state index contributed by atoms with van der Waals surface area (Å²) < 4.78 is 25.0. The molecule has 1 unspecified atom stereocenters. The highest BCUT2D eigenvalue weighted by molar-refractivity contribution is 7.88. The molecule has 0 aliphatic carbocycles. The zero-order chi connectivity index (χ0) is 10.9. The fourth-order valence-corrected chi connectivity index (χ4v) is 1.19. The Balaban J connectivity index is 2.81. The Morgan fingerprint density at radius 2 is 1.79 bits per heavy atom. The van der Waals surface area contributed by atoms with Gasteiger partial charge in [0.15, 0.2) is 4.71 Å². The third-order valence-electron chi connectivity index (χ3n) is 1.35. The van der Waals surface area contributed by atoms with Crippen molar-refractivity contribution in [2.24, 2.45) is 0 Å². The highest BCUT2D eigenvalue weighted by Crippen LogP contribution is 2.13. The molecule has 0 aromatic heterocycles. The lowest BCUT2D eigenvalue weighted by atomic mass is 10.6. The zero-order valence-electron chi connectivity index (χ0n) is 7.01. The fourth-order valence-electron chi connectivity index (χ4n) is 0.623. The normalized spacial score (nSPS) is 19.1. The number of nitrogens with zero attached hydrogens (tertiary/aromatic N) is 1. The van der Waals surface area contributed by atoms with E-state index in [1.54, 1.807) is 0 Å². The maximum Gasteiger partial charge on any atom is 0.305 e. The molecule has 2 amide bonds. The Bertz CT molecular complexity index is 380. The zero-order valence-corrected chi connectivity index (χ0v) is 8.58. The number of carbonyl (C=O) groups is 2. The van der Waals surface area contributed by atoms with Crippen molar-refractivity contribution in [3.05, 3.63) is 12.2 Å². The monoisotopic (exact) mass is 239 g/mol. The van der Waals surface area contributed by atoms with Gasteiger partial charge in [-0.15, -0.1) is 20.9 Å². The number of amides is 2. The van der Waals surface area contributed by atoms with Crippen molar-refractivity contribution < 1.29 is 22.3 Å². The number of hydrogen-bond donors (Lipinski definition) is 0. The second-order valence-electron chi connectivity index (χ2n) is 2.41. The van der Waals surface area contributed by atoms with Crippen molar-refractivity contribution >= 4 is 33.5 Å². The third-order valence-corrected chi connectivity index (χ3v) is 3.15. The van der Waals surface area contributed by atoms with E-state index in [4.69, 9.17) is 11.6 Å². The number of halogens is 1. The number of rotatable bonds is 3. The topological polar surface area (TPSA) is 80.8 Å². The third kappa shape index (κ3) is 2.11. The van der Waals surface area contributed by atoms with Crippen molar-refractivity contribution in [3.63, 3.8) is 0 Å². The minimum absolute atomic E-state index is 0.133. The Labute approximate surface area is 85.2 Å². The van der Waals surface area contributed by atoms with Gasteiger partial charge in [-0.3, -0.25) is 9.59 Å². The van der Waals surface area contributed by atoms with E-state index in [1.807, 2.05) is 0 Å². The lowest BCUT2D eigenvalue weighted by Crippen LogP contribution is -2.34. The van der Waals surface area contributed by atoms with Crippen molar-refractivity contribution in [1.82, 2.24) is 5.06 Å². The molecule has 6 nitrogen and oxygen atoms in total. The Hall–Kier alpha value is -0.920. The van der Waals surface area contributed by atoms with Crippen molar-refractivity contribution in [3.8, 4) is 0 Å². The molecule has 0 aromatic rings. The highest BCUT2D eigenvalue weighted by atomic mass is 35.5. The van der Waals surface area contributed by atoms with E-state index in [2.05, 4.69) is 4.28 Å². The average Bonchev–Trinajstić information content (AvgIpc) is 2.35. The van der Waals surface area contributed by atoms with Gasteiger partial charge in [-0.25, -0.2) is 0 Å². The molecule has 0 fully saturated rings. The van der Waals surface area contributed by atoms with Gasteiger partial charge in [0.05, 0.1) is 0 Å². The van der Waals surface area contributed by atoms with Gasteiger partial charge in [-0.05, 0) is 6.92 Å². The second kappa shape index (κ2) is 3.68. The maximum absolute atomic E-state index is 11.0. The number of hydrogen-bond acceptors (Lipinski definition) is 5. The summed E-state index contributed by atoms with van der Waals surface area (Å²) in [5.41, 5.74) is 0. The molecule has 1 rings (SSSR count). The molecule has 1 atom stereocenters. The first kappa shape index (κ1) is 11.2. The number of imide groups is 1. The van der Waals surface area contributed by atoms with Crippen LogP contribution in [0.1, 0.15) is 6.92 Å². The molecule has 0 saturated carbocycles. The standard InChI is InChI=1S/C6H6ClNO5S/c1-4(7)14(11,12)13-8-5(9)2-3-6(8)10/h2-4H,1H3. The van der Waals surface area contributed by atoms with E-state index in [0.29, 0.717) is 0 Å². The second-order valence-corrected chi connectivity index (χ2v) is 5.17. The van der Waals surface area contributed by atoms with E-state index in [0.717, 1.165) is 19.1 Å². The summed E-state index contributed by atoms with van der Waals surface area (Å²) in [6.45, 7) is 1.15. The van der Waals surface area contributed by atoms with Gasteiger partial charge in [0, 0.05) is 12.2 Å². The summed E-state index contributed by atoms with van der Waals surface area (Å²) in [5, 5.41) is 0.133. The minimum atomic E-state index is -4.14. The molecule has 0 radical (unpaired) electrons. The average molecular weight is 240 g/mol. The van der Waals surface area contributed by atoms with Gasteiger partial charge in [0.25, 0.3) is 11.8 Å². The predicted octanol–water partition coefficient (Wildman–Crippen LogP) is -0.242. The first-order valence-electron chi connectivity index (χ1n) is 3.48. The SMILES string of the molecule is CC(Cl)S(=O)(=O)ON1C(=O)C=CC1=O. The summed E-state index contributed by atoms with van der Waals surface area (Å²) in [7, 11) is -4.14. The molecule has 0 N–H and O–H groups in total. The van der Waals surface area contributed by atoms with Gasteiger partial charge in [0.2, 0.25) is 0 Å². The molecular formula is C6H6ClNO5S. The summed E-state index contributed by atoms with van der Waals surface area (Å²) in [6, 6.07) is 0. The summed E-state index contributed by atoms with van der Waals surface area (Å²) >= 11 is 5.26. The molecule has 1 aliphatic rings. The minimum Gasteiger partial charge on any atom is -0.267 e. The van der Waals surface area contributed by atoms with Crippen LogP contribution in [-0.2, 0) is 24.0 Å². The molecular weight excluding hydrogens is 234 g/mol. The van der Waals surface area contributed by atoms with Crippen molar-refractivity contribution in [2.45, 2.75) is 11.6 Å². The predicted molar refractivity (Wildman–Crippen MR) is 46.3 cm³/mol. The van der Waals surface area contributed by atoms with Crippen LogP contribution in [0.15, 0.2) is 12.2 Å². The van der Waals surface area contributed by atoms with Crippen LogP contribution in [0, 0.1) is 0 Å². The van der Waals surface area contributed by atoms with Crippen LogP contribution in [0.2, 0.25) is 0 Å². The largest absolute Gasteiger partial charge is 0.305 e. The van der Waals surface area contributed by atoms with E-state index in [9.17, 15) is 18.0 Å². The van der Waals surface area contributed by atoms with Crippen LogP contribution in [0.4, 0.5) is 0 Å². The van der Waals surface area contributed by atoms with Crippen LogP contribution in [-0.4, -0.2) is 30.0 Å². The van der Waals surface area contributed by atoms with E-state index in [-0.39, 0.29) is 5.06 Å². The lowest BCUT2D eigenvalue weighted by Gasteiger charge is -2.13. The number of hydroxylamine groups is 2. The molecule has 0 spiro atoms. The number of alkyl halides is 1. The van der Waals surface area contributed by atoms with E-state index < -0.39 is 26.6 Å². The molecule has 14 heavy (non-hydrogen) atoms. The highest BCUT2D eigenvalue weighted by Gasteiger charge is 2.32. The van der Waals surface area contributed by atoms with Crippen LogP contribution in [0.25, 0.3) is 0 Å². The summed E-state index contributed by atoms with van der Waals surface area (Å²) in [4.78, 5) is 21.7. The smallest absolute Gasteiger partial charge is 0.267 e. The molecule has 0 saturated heterocycles. The Morgan fingerprint density at radius 3 is 2.14 bits per heavy atom. The van der Waals surface area contributed by atoms with Gasteiger partial charge in [0.1, 0.15) is 0 Å². The molecule has 1 heterocycles. The molecule has 0 aromatic carbocycles. The fraction of sp³-hybridized carbons (Fsp3) is 0.333. The van der Waals surface area contributed by atoms with Gasteiger partial charge in [-0.2, -0.15) is 8.42 Å². The van der Waals surface area contributed by atoms with Gasteiger partial charge < -0.3 is 0 Å². The van der Waals surface area contributed by atoms with Crippen molar-refractivity contribution in [2.75, 3.05) is 0 Å². The lowest BCUT2D eigenvalue weighted by molar-refractivity contribution is -0.161. The van der Waals surface area contributed by atoms with E-state index in [1.165, 1.54) is 0 Å². The summed E-state index contributed by atoms with van der Waals surface area (Å²) in [5.74, 6) is -1.70. The quantitative estimate of drug-likeness (QED) is 0.501. The number of carbonyl (C=O) groups excluding carboxylic acids is 2. The van der Waals surface area contributed by atoms with Gasteiger partial charge in [-0.1, -0.05) is 0 Å². The van der Waals surface area contributed by atoms with Crippen LogP contribution < -0.4 is 0 Å². The Morgan fingerprint density at radius 1 is 1.36 bits per heavy atom. The van der Waals surface area contributed by atoms with Crippen molar-refractivity contribution in [1.29, 1.82) is 0 Å². The summed E-state index contributed by atoms with van der Waals surface area (Å²) in [6.07, 6.45) is 1.80. The molecule has 78 valence electrons. The van der Waals surface area contributed by atoms with E-state index >= 15 is 0 Å². The van der Waals surface area contributed by atoms with Crippen LogP contribution in [0.3, 0.4) is 0 Å². The molecule has 1 aliphatic heterocycles. The van der Waals surface area contributed by atoms with Gasteiger partial charge >= 0.3 is 10.1 Å². The first-order valence-corrected chi connectivity index (χ1v) is 5.39. The van der Waals surface area contributed by atoms with Crippen LogP contribution >= 0.6 is 11.6 Å². The maximum atomic E-state index is 11.0. The Kier molecular flexibility index (Phi) is 2.93. The van der Waals surface area contributed by atoms with Crippen LogP contribution in [0.5, 0.6) is 0 Å².